The predicted octanol–water partition coefficient (Wildman–Crippen LogP) is 4.73. The van der Waals surface area contributed by atoms with Crippen LogP contribution in [0.15, 0.2) is 88.8 Å². The monoisotopic (exact) mass is 856 g/mol. The molecule has 0 spiro atoms. The maximum absolute atomic E-state index is 12.8. The fraction of sp³-hybridized carbons (Fsp3) is 0.447. The van der Waals surface area contributed by atoms with Crippen molar-refractivity contribution in [2.45, 2.75) is 57.7 Å². The number of hydrogen-bond donors (Lipinski definition) is 0. The van der Waals surface area contributed by atoms with E-state index in [-0.39, 0.29) is 35.1 Å². The van der Waals surface area contributed by atoms with Gasteiger partial charge in [-0.05, 0) is 86.9 Å². The van der Waals surface area contributed by atoms with E-state index in [1.54, 1.807) is 41.6 Å². The van der Waals surface area contributed by atoms with Gasteiger partial charge in [-0.2, -0.15) is 0 Å². The summed E-state index contributed by atoms with van der Waals surface area (Å²) >= 11 is 0. The minimum atomic E-state index is -0.188. The number of aromatic nitrogens is 6. The van der Waals surface area contributed by atoms with Gasteiger partial charge < -0.3 is 29.1 Å². The van der Waals surface area contributed by atoms with E-state index < -0.39 is 0 Å². The van der Waals surface area contributed by atoms with Crippen molar-refractivity contribution in [3.8, 4) is 11.4 Å². The lowest BCUT2D eigenvalue weighted by Crippen LogP contribution is -2.41. The molecule has 2 amide bonds. The molecular weight excluding hydrogens is 801 g/mol. The normalized spacial score (nSPS) is 19.3. The molecule has 63 heavy (non-hydrogen) atoms. The van der Waals surface area contributed by atoms with Crippen molar-refractivity contribution in [3.63, 3.8) is 0 Å². The predicted molar refractivity (Wildman–Crippen MR) is 239 cm³/mol. The van der Waals surface area contributed by atoms with Gasteiger partial charge in [0.25, 0.3) is 22.9 Å². The summed E-state index contributed by atoms with van der Waals surface area (Å²) in [6, 6.07) is 20.2. The Morgan fingerprint density at radius 1 is 0.587 bits per heavy atom. The lowest BCUT2D eigenvalue weighted by Gasteiger charge is -2.34. The summed E-state index contributed by atoms with van der Waals surface area (Å²) in [4.78, 5) is 75.7. The number of carbonyl (C=O) groups excluding carboxylic acids is 2. The van der Waals surface area contributed by atoms with Gasteiger partial charge in [0.15, 0.2) is 0 Å². The van der Waals surface area contributed by atoms with Gasteiger partial charge >= 0.3 is 0 Å². The fourth-order valence-electron chi connectivity index (χ4n) is 8.61. The van der Waals surface area contributed by atoms with Crippen LogP contribution in [0.2, 0.25) is 0 Å². The summed E-state index contributed by atoms with van der Waals surface area (Å²) in [6.45, 7) is 8.74. The average Bonchev–Trinajstić information content (AvgIpc) is 3.34. The van der Waals surface area contributed by atoms with Crippen molar-refractivity contribution in [2.24, 2.45) is 14.1 Å². The summed E-state index contributed by atoms with van der Waals surface area (Å²) < 4.78 is 15.2. The Kier molecular flexibility index (Phi) is 13.7. The molecule has 16 nitrogen and oxygen atoms in total. The van der Waals surface area contributed by atoms with E-state index in [0.29, 0.717) is 73.9 Å². The lowest BCUT2D eigenvalue weighted by molar-refractivity contribution is 0.0388. The highest BCUT2D eigenvalue weighted by atomic mass is 16.5. The van der Waals surface area contributed by atoms with E-state index in [9.17, 15) is 19.2 Å². The average molecular weight is 857 g/mol. The van der Waals surface area contributed by atoms with Gasteiger partial charge in [-0.3, -0.25) is 28.3 Å². The van der Waals surface area contributed by atoms with Crippen molar-refractivity contribution in [1.82, 2.24) is 38.9 Å². The molecule has 4 aliphatic rings. The minimum Gasteiger partial charge on any atom is -0.370 e. The number of benzene rings is 2. The molecule has 3 aromatic heterocycles. The van der Waals surface area contributed by atoms with E-state index in [2.05, 4.69) is 24.8 Å². The van der Waals surface area contributed by atoms with Crippen LogP contribution in [-0.2, 0) is 23.6 Å². The summed E-state index contributed by atoms with van der Waals surface area (Å²) in [7, 11) is 3.47. The van der Waals surface area contributed by atoms with Crippen LogP contribution in [0.3, 0.4) is 0 Å². The first-order valence-corrected chi connectivity index (χ1v) is 22.0. The number of nitrogens with zero attached hydrogens (tertiary/aromatic N) is 10. The highest BCUT2D eigenvalue weighted by molar-refractivity contribution is 5.94. The topological polar surface area (TPSA) is 161 Å². The van der Waals surface area contributed by atoms with Crippen molar-refractivity contribution in [2.75, 3.05) is 75.4 Å². The molecule has 0 unspecified atom stereocenters. The number of rotatable bonds is 7. The Hall–Kier alpha value is -6.26. The number of aryl methyl sites for hydroxylation is 1. The third kappa shape index (κ3) is 10.2. The third-order valence-corrected chi connectivity index (χ3v) is 12.2. The Morgan fingerprint density at radius 3 is 1.54 bits per heavy atom. The standard InChI is InChI=1S/C25H28N6O3.C22H28N4O3/c1-29-23(32)15-21(20-9-10-26-17-27-20)28-25(29)31-13-14-34-22(16-31)18-5-7-19(8-6-18)24(33)30-11-3-2-4-12-30;1-16-14-20(27)24(2)22(23-16)26-12-13-29-19(15-26)17-6-8-18(9-7-17)21(28)25-10-4-3-5-11-25/h5-10,15,17,22H,2-4,11-14,16H2,1H3;6-9,14,19H,3-5,10-13,15H2,1-2H3/t22-;19-/m11/s1. The minimum absolute atomic E-state index is 0.0591. The van der Waals surface area contributed by atoms with E-state index in [0.717, 1.165) is 68.6 Å². The van der Waals surface area contributed by atoms with E-state index in [1.165, 1.54) is 25.2 Å². The van der Waals surface area contributed by atoms with Crippen molar-refractivity contribution >= 4 is 23.7 Å². The molecule has 9 rings (SSSR count). The largest absolute Gasteiger partial charge is 0.370 e. The Balaban J connectivity index is 0.000000175. The van der Waals surface area contributed by atoms with Crippen molar-refractivity contribution < 1.29 is 19.1 Å². The lowest BCUT2D eigenvalue weighted by atomic mass is 10.0. The molecule has 0 saturated carbocycles. The van der Waals surface area contributed by atoms with Gasteiger partial charge in [-0.1, -0.05) is 24.3 Å². The number of likely N-dealkylation sites (tertiary alicyclic amines) is 2. The molecule has 0 bridgehead atoms. The maximum Gasteiger partial charge on any atom is 0.255 e. The van der Waals surface area contributed by atoms with Crippen LogP contribution in [0.4, 0.5) is 11.9 Å². The molecule has 330 valence electrons. The second kappa shape index (κ2) is 19.8. The molecule has 16 heteroatoms. The van der Waals surface area contributed by atoms with Crippen molar-refractivity contribution in [1.29, 1.82) is 0 Å². The number of ether oxygens (including phenoxy) is 2. The van der Waals surface area contributed by atoms with Crippen LogP contribution in [0.1, 0.15) is 88.3 Å². The van der Waals surface area contributed by atoms with E-state index >= 15 is 0 Å². The first-order valence-electron chi connectivity index (χ1n) is 22.0. The fourth-order valence-corrected chi connectivity index (χ4v) is 8.61. The summed E-state index contributed by atoms with van der Waals surface area (Å²) in [6.07, 6.45) is 9.49. The van der Waals surface area contributed by atoms with Gasteiger partial charge in [0.1, 0.15) is 18.5 Å². The summed E-state index contributed by atoms with van der Waals surface area (Å²) in [5, 5.41) is 0. The summed E-state index contributed by atoms with van der Waals surface area (Å²) in [5.41, 5.74) is 5.09. The van der Waals surface area contributed by atoms with Crippen LogP contribution < -0.4 is 20.9 Å². The smallest absolute Gasteiger partial charge is 0.255 e. The molecule has 2 aromatic carbocycles. The second-order valence-corrected chi connectivity index (χ2v) is 16.6. The Labute approximate surface area is 367 Å². The van der Waals surface area contributed by atoms with E-state index in [4.69, 9.17) is 14.5 Å². The van der Waals surface area contributed by atoms with Gasteiger partial charge in [-0.25, -0.2) is 19.9 Å². The molecule has 0 N–H and O–H groups in total. The molecule has 2 atom stereocenters. The van der Waals surface area contributed by atoms with E-state index in [1.807, 2.05) is 65.3 Å². The first kappa shape index (κ1) is 43.4. The molecule has 0 aliphatic carbocycles. The number of carbonyl (C=O) groups is 2. The first-order chi connectivity index (χ1) is 30.6. The molecule has 0 radical (unpaired) electrons. The Morgan fingerprint density at radius 2 is 1.06 bits per heavy atom. The molecule has 7 heterocycles. The van der Waals surface area contributed by atoms with Crippen LogP contribution in [0.25, 0.3) is 11.4 Å². The molecule has 4 saturated heterocycles. The van der Waals surface area contributed by atoms with Gasteiger partial charge in [-0.15, -0.1) is 0 Å². The summed E-state index contributed by atoms with van der Waals surface area (Å²) in [5.74, 6) is 1.45. The molecule has 5 aromatic rings. The Bertz CT molecular complexity index is 2480. The molecule has 4 aliphatic heterocycles. The SMILES string of the molecule is Cc1cc(=O)n(C)c(N2CCO[C@@H](c3ccc(C(=O)N4CCCCC4)cc3)C2)n1.Cn1c(N2CCO[C@@H](c3ccc(C(=O)N4CCCCC4)cc3)C2)nc(-c2ccncn2)cc1=O. The third-order valence-electron chi connectivity index (χ3n) is 12.2. The quantitative estimate of drug-likeness (QED) is 0.222. The maximum atomic E-state index is 12.8. The second-order valence-electron chi connectivity index (χ2n) is 16.6. The number of piperidine rings is 2. The highest BCUT2D eigenvalue weighted by Gasteiger charge is 2.28. The van der Waals surface area contributed by atoms with Gasteiger partial charge in [0.2, 0.25) is 11.9 Å². The zero-order chi connectivity index (χ0) is 43.9. The zero-order valence-electron chi connectivity index (χ0n) is 36.4. The number of anilines is 2. The van der Waals surface area contributed by atoms with Crippen LogP contribution >= 0.6 is 0 Å². The van der Waals surface area contributed by atoms with Crippen LogP contribution in [-0.4, -0.2) is 116 Å². The zero-order valence-corrected chi connectivity index (χ0v) is 36.4. The van der Waals surface area contributed by atoms with Crippen molar-refractivity contribution in [3.05, 3.63) is 128 Å². The number of amides is 2. The number of hydrogen-bond acceptors (Lipinski definition) is 12. The van der Waals surface area contributed by atoms with Crippen LogP contribution in [0.5, 0.6) is 0 Å². The highest BCUT2D eigenvalue weighted by Crippen LogP contribution is 2.28. The number of morpholine rings is 2. The molecule has 4 fully saturated rings. The van der Waals surface area contributed by atoms with Crippen LogP contribution in [0, 0.1) is 6.92 Å². The van der Waals surface area contributed by atoms with Gasteiger partial charge in [0.05, 0.1) is 37.7 Å². The van der Waals surface area contributed by atoms with Gasteiger partial charge in [0, 0.05) is 88.5 Å². The molecular formula is C47H56N10O6.